The Labute approximate surface area is 135 Å². The number of carbonyl (C=O) groups is 1. The van der Waals surface area contributed by atoms with Crippen LogP contribution in [0.5, 0.6) is 0 Å². The van der Waals surface area contributed by atoms with E-state index < -0.39 is 11.7 Å². The van der Waals surface area contributed by atoms with Crippen LogP contribution in [-0.4, -0.2) is 37.9 Å². The molecule has 2 heterocycles. The lowest BCUT2D eigenvalue weighted by Crippen LogP contribution is -2.31. The van der Waals surface area contributed by atoms with Gasteiger partial charge in [-0.1, -0.05) is 22.9 Å². The van der Waals surface area contributed by atoms with Crippen LogP contribution in [0.2, 0.25) is 0 Å². The Kier molecular flexibility index (Phi) is 4.10. The monoisotopic (exact) mass is 329 g/mol. The van der Waals surface area contributed by atoms with E-state index in [2.05, 4.69) is 31.4 Å². The normalized spacial score (nSPS) is 10.6. The van der Waals surface area contributed by atoms with Crippen LogP contribution in [0.1, 0.15) is 12.5 Å². The predicted octanol–water partition coefficient (Wildman–Crippen LogP) is 0.885. The fourth-order valence-electron chi connectivity index (χ4n) is 2.09. The zero-order valence-corrected chi connectivity index (χ0v) is 13.0. The van der Waals surface area contributed by atoms with Crippen LogP contribution in [0.4, 0.5) is 10.6 Å². The molecule has 0 spiro atoms. The van der Waals surface area contributed by atoms with Crippen LogP contribution in [0.3, 0.4) is 0 Å². The number of H-pyrrole nitrogens is 1. The number of aromatic amines is 1. The van der Waals surface area contributed by atoms with E-state index in [4.69, 9.17) is 4.74 Å². The molecule has 10 heteroatoms. The van der Waals surface area contributed by atoms with E-state index in [9.17, 15) is 9.59 Å². The summed E-state index contributed by atoms with van der Waals surface area (Å²) >= 11 is 0. The van der Waals surface area contributed by atoms with Gasteiger partial charge in [0, 0.05) is 0 Å². The van der Waals surface area contributed by atoms with Crippen LogP contribution in [0, 0.1) is 6.92 Å². The number of rotatable bonds is 4. The standard InChI is InChI=1S/C14H15N7O3/c1-3-24-14(23)19-17-12-10-11(13(22)18-16-12)21(20-15-10)9-6-4-8(2)5-7-9/h4-7H,3H2,1-2H3,(H,16,17)(H,18,22)(H,19,23). The highest BCUT2D eigenvalue weighted by Gasteiger charge is 2.16. The molecular weight excluding hydrogens is 314 g/mol. The summed E-state index contributed by atoms with van der Waals surface area (Å²) in [4.78, 5) is 23.5. The van der Waals surface area contributed by atoms with Crippen LogP contribution in [0.25, 0.3) is 16.7 Å². The Morgan fingerprint density at radius 1 is 1.33 bits per heavy atom. The number of ether oxygens (including phenoxy) is 1. The minimum absolute atomic E-state index is 0.149. The molecule has 0 aliphatic heterocycles. The molecule has 0 unspecified atom stereocenters. The summed E-state index contributed by atoms with van der Waals surface area (Å²) in [5.74, 6) is 0.149. The quantitative estimate of drug-likeness (QED) is 0.606. The molecule has 10 nitrogen and oxygen atoms in total. The summed E-state index contributed by atoms with van der Waals surface area (Å²) in [6.45, 7) is 3.87. The number of anilines is 1. The number of fused-ring (bicyclic) bond motifs is 1. The number of hydrogen-bond acceptors (Lipinski definition) is 7. The molecule has 0 fully saturated rings. The summed E-state index contributed by atoms with van der Waals surface area (Å²) in [5.41, 5.74) is 6.60. The van der Waals surface area contributed by atoms with Crippen LogP contribution < -0.4 is 16.4 Å². The molecule has 124 valence electrons. The first-order valence-corrected chi connectivity index (χ1v) is 7.20. The fraction of sp³-hybridized carbons (Fsp3) is 0.214. The van der Waals surface area contributed by atoms with Gasteiger partial charge in [-0.3, -0.25) is 10.2 Å². The molecule has 0 aliphatic carbocycles. The van der Waals surface area contributed by atoms with E-state index in [0.29, 0.717) is 5.69 Å². The maximum absolute atomic E-state index is 12.1. The molecule has 3 N–H and O–H groups in total. The number of hydrazine groups is 1. The topological polar surface area (TPSA) is 127 Å². The summed E-state index contributed by atoms with van der Waals surface area (Å²) in [6.07, 6.45) is -0.676. The van der Waals surface area contributed by atoms with Gasteiger partial charge in [-0.05, 0) is 26.0 Å². The van der Waals surface area contributed by atoms with Gasteiger partial charge in [0.05, 0.1) is 12.3 Å². The highest BCUT2D eigenvalue weighted by atomic mass is 16.5. The third kappa shape index (κ3) is 2.89. The summed E-state index contributed by atoms with van der Waals surface area (Å²) in [7, 11) is 0. The smallest absolute Gasteiger partial charge is 0.425 e. The minimum atomic E-state index is -0.676. The number of carbonyl (C=O) groups excluding carboxylic acids is 1. The first-order chi connectivity index (χ1) is 11.6. The number of aromatic nitrogens is 5. The number of benzene rings is 1. The van der Waals surface area contributed by atoms with Gasteiger partial charge in [-0.25, -0.2) is 20.0 Å². The minimum Gasteiger partial charge on any atom is -0.449 e. The second-order valence-corrected chi connectivity index (χ2v) is 4.91. The molecule has 0 saturated heterocycles. The van der Waals surface area contributed by atoms with Crippen molar-refractivity contribution in [2.75, 3.05) is 12.0 Å². The van der Waals surface area contributed by atoms with E-state index in [-0.39, 0.29) is 23.5 Å². The SMILES string of the molecule is CCOC(=O)NNc1n[nH]c(=O)c2c1nnn2-c1ccc(C)cc1. The molecule has 0 bridgehead atoms. The summed E-state index contributed by atoms with van der Waals surface area (Å²) in [5, 5.41) is 14.2. The van der Waals surface area contributed by atoms with Crippen molar-refractivity contribution in [1.29, 1.82) is 0 Å². The molecule has 1 amide bonds. The average Bonchev–Trinajstić information content (AvgIpc) is 3.01. The molecule has 0 saturated carbocycles. The molecule has 3 aromatic rings. The van der Waals surface area contributed by atoms with Crippen LogP contribution >= 0.6 is 0 Å². The molecule has 0 atom stereocenters. The summed E-state index contributed by atoms with van der Waals surface area (Å²) < 4.78 is 6.14. The molecular formula is C14H15N7O3. The van der Waals surface area contributed by atoms with Gasteiger partial charge in [0.1, 0.15) is 0 Å². The lowest BCUT2D eigenvalue weighted by atomic mass is 10.2. The van der Waals surface area contributed by atoms with Gasteiger partial charge < -0.3 is 4.74 Å². The third-order valence-electron chi connectivity index (χ3n) is 3.22. The largest absolute Gasteiger partial charge is 0.449 e. The van der Waals surface area contributed by atoms with Gasteiger partial charge in [0.25, 0.3) is 5.56 Å². The van der Waals surface area contributed by atoms with Crippen LogP contribution in [-0.2, 0) is 4.74 Å². The zero-order valence-electron chi connectivity index (χ0n) is 13.0. The van der Waals surface area contributed by atoms with Crippen molar-refractivity contribution in [3.8, 4) is 5.69 Å². The second-order valence-electron chi connectivity index (χ2n) is 4.91. The molecule has 3 rings (SSSR count). The maximum atomic E-state index is 12.1. The van der Waals surface area contributed by atoms with E-state index in [1.165, 1.54) is 4.68 Å². The maximum Gasteiger partial charge on any atom is 0.425 e. The van der Waals surface area contributed by atoms with Crippen molar-refractivity contribution >= 4 is 22.9 Å². The Hall–Kier alpha value is -3.43. The van der Waals surface area contributed by atoms with E-state index >= 15 is 0 Å². The van der Waals surface area contributed by atoms with E-state index in [1.807, 2.05) is 31.2 Å². The van der Waals surface area contributed by atoms with Gasteiger partial charge in [-0.2, -0.15) is 5.10 Å². The highest BCUT2D eigenvalue weighted by molar-refractivity contribution is 5.86. The van der Waals surface area contributed by atoms with Crippen molar-refractivity contribution < 1.29 is 9.53 Å². The van der Waals surface area contributed by atoms with Gasteiger partial charge in [0.2, 0.25) is 0 Å². The zero-order chi connectivity index (χ0) is 17.1. The lowest BCUT2D eigenvalue weighted by molar-refractivity contribution is 0.154. The van der Waals surface area contributed by atoms with Gasteiger partial charge >= 0.3 is 6.09 Å². The van der Waals surface area contributed by atoms with Crippen molar-refractivity contribution in [2.45, 2.75) is 13.8 Å². The van der Waals surface area contributed by atoms with Gasteiger partial charge in [-0.15, -0.1) is 5.10 Å². The van der Waals surface area contributed by atoms with E-state index in [1.54, 1.807) is 6.92 Å². The molecule has 0 aliphatic rings. The molecule has 2 aromatic heterocycles. The highest BCUT2D eigenvalue weighted by Crippen LogP contribution is 2.17. The number of hydrogen-bond donors (Lipinski definition) is 3. The van der Waals surface area contributed by atoms with Crippen molar-refractivity contribution in [3.05, 3.63) is 40.2 Å². The van der Waals surface area contributed by atoms with Gasteiger partial charge in [0.15, 0.2) is 16.9 Å². The third-order valence-corrected chi connectivity index (χ3v) is 3.22. The molecule has 24 heavy (non-hydrogen) atoms. The second kappa shape index (κ2) is 6.36. The fourth-order valence-corrected chi connectivity index (χ4v) is 2.09. The molecule has 0 radical (unpaired) electrons. The first-order valence-electron chi connectivity index (χ1n) is 7.20. The summed E-state index contributed by atoms with van der Waals surface area (Å²) in [6, 6.07) is 7.46. The Morgan fingerprint density at radius 2 is 2.08 bits per heavy atom. The number of aryl methyl sites for hydroxylation is 1. The van der Waals surface area contributed by atoms with Crippen molar-refractivity contribution in [1.82, 2.24) is 30.6 Å². The number of amides is 1. The van der Waals surface area contributed by atoms with Crippen molar-refractivity contribution in [2.24, 2.45) is 0 Å². The Bertz CT molecular complexity index is 930. The van der Waals surface area contributed by atoms with E-state index in [0.717, 1.165) is 5.56 Å². The Morgan fingerprint density at radius 3 is 2.79 bits per heavy atom. The molecule has 1 aromatic carbocycles. The van der Waals surface area contributed by atoms with Crippen LogP contribution in [0.15, 0.2) is 29.1 Å². The average molecular weight is 329 g/mol. The first kappa shape index (κ1) is 15.5. The number of nitrogens with one attached hydrogen (secondary N) is 3. The lowest BCUT2D eigenvalue weighted by Gasteiger charge is -2.07. The van der Waals surface area contributed by atoms with Crippen molar-refractivity contribution in [3.63, 3.8) is 0 Å². The predicted molar refractivity (Wildman–Crippen MR) is 85.8 cm³/mol. The Balaban J connectivity index is 2.00. The number of nitrogens with zero attached hydrogens (tertiary/aromatic N) is 4.